The zero-order valence-corrected chi connectivity index (χ0v) is 8.15. The van der Waals surface area contributed by atoms with Gasteiger partial charge in [0.2, 0.25) is 0 Å². The van der Waals surface area contributed by atoms with Crippen LogP contribution in [0, 0.1) is 0 Å². The molecule has 0 aliphatic heterocycles. The summed E-state index contributed by atoms with van der Waals surface area (Å²) in [7, 11) is 0. The topological polar surface area (TPSA) is 26.0 Å². The van der Waals surface area contributed by atoms with E-state index in [1.54, 1.807) is 0 Å². The molecule has 1 aromatic rings. The molecule has 1 rings (SSSR count). The van der Waals surface area contributed by atoms with Gasteiger partial charge in [0.05, 0.1) is 5.56 Å². The summed E-state index contributed by atoms with van der Waals surface area (Å²) < 4.78 is 37.3. The van der Waals surface area contributed by atoms with Crippen LogP contribution < -0.4 is 5.73 Å². The van der Waals surface area contributed by atoms with E-state index in [0.29, 0.717) is 0 Å². The highest BCUT2D eigenvalue weighted by Gasteiger charge is 2.33. The first-order valence-electron chi connectivity index (χ1n) is 3.94. The standard InChI is InChI=1S/C9H9ClF3N/c1-5(14)7-4-6(10)2-3-8(7)9(11,12)13/h2-5H,14H2,1H3. The quantitative estimate of drug-likeness (QED) is 0.776. The van der Waals surface area contributed by atoms with Crippen molar-refractivity contribution in [2.45, 2.75) is 19.1 Å². The molecule has 1 atom stereocenters. The molecule has 0 saturated carbocycles. The molecule has 0 aliphatic carbocycles. The first-order chi connectivity index (χ1) is 6.32. The Hall–Kier alpha value is -0.740. The minimum absolute atomic E-state index is 0.0185. The van der Waals surface area contributed by atoms with Crippen molar-refractivity contribution in [3.63, 3.8) is 0 Å². The van der Waals surface area contributed by atoms with Crippen molar-refractivity contribution in [1.29, 1.82) is 0 Å². The normalized spacial score (nSPS) is 14.1. The van der Waals surface area contributed by atoms with E-state index in [1.165, 1.54) is 19.1 Å². The van der Waals surface area contributed by atoms with Crippen LogP contribution in [0.4, 0.5) is 13.2 Å². The highest BCUT2D eigenvalue weighted by Crippen LogP contribution is 2.35. The zero-order chi connectivity index (χ0) is 10.9. The van der Waals surface area contributed by atoms with Crippen LogP contribution >= 0.6 is 11.6 Å². The van der Waals surface area contributed by atoms with Crippen LogP contribution in [-0.2, 0) is 6.18 Å². The predicted octanol–water partition coefficient (Wildman–Crippen LogP) is 3.38. The fourth-order valence-electron chi connectivity index (χ4n) is 1.17. The van der Waals surface area contributed by atoms with Gasteiger partial charge in [0.15, 0.2) is 0 Å². The van der Waals surface area contributed by atoms with Crippen LogP contribution in [-0.4, -0.2) is 0 Å². The van der Waals surface area contributed by atoms with Crippen LogP contribution in [0.25, 0.3) is 0 Å². The molecule has 0 radical (unpaired) electrons. The number of halogens is 4. The fraction of sp³-hybridized carbons (Fsp3) is 0.333. The van der Waals surface area contributed by atoms with Gasteiger partial charge in [0.25, 0.3) is 0 Å². The fourth-order valence-corrected chi connectivity index (χ4v) is 1.35. The molecule has 0 amide bonds. The maximum Gasteiger partial charge on any atom is 0.416 e. The summed E-state index contributed by atoms with van der Waals surface area (Å²) in [6, 6.07) is 2.71. The molecule has 14 heavy (non-hydrogen) atoms. The van der Waals surface area contributed by atoms with E-state index in [4.69, 9.17) is 17.3 Å². The SMILES string of the molecule is CC(N)c1cc(Cl)ccc1C(F)(F)F. The van der Waals surface area contributed by atoms with Gasteiger partial charge in [0, 0.05) is 11.1 Å². The molecular weight excluding hydrogens is 215 g/mol. The van der Waals surface area contributed by atoms with Gasteiger partial charge in [-0.25, -0.2) is 0 Å². The number of rotatable bonds is 1. The van der Waals surface area contributed by atoms with Crippen molar-refractivity contribution in [3.05, 3.63) is 34.3 Å². The third kappa shape index (κ3) is 2.39. The average Bonchev–Trinajstić information content (AvgIpc) is 2.01. The van der Waals surface area contributed by atoms with Crippen LogP contribution in [0.5, 0.6) is 0 Å². The predicted molar refractivity (Wildman–Crippen MR) is 49.1 cm³/mol. The lowest BCUT2D eigenvalue weighted by molar-refractivity contribution is -0.138. The largest absolute Gasteiger partial charge is 0.416 e. The number of nitrogens with two attached hydrogens (primary N) is 1. The van der Waals surface area contributed by atoms with E-state index in [1.807, 2.05) is 0 Å². The van der Waals surface area contributed by atoms with Crippen molar-refractivity contribution in [2.75, 3.05) is 0 Å². The molecule has 0 heterocycles. The van der Waals surface area contributed by atoms with Crippen molar-refractivity contribution in [2.24, 2.45) is 5.73 Å². The molecule has 0 spiro atoms. The monoisotopic (exact) mass is 223 g/mol. The molecule has 1 nitrogen and oxygen atoms in total. The number of hydrogen-bond acceptors (Lipinski definition) is 1. The lowest BCUT2D eigenvalue weighted by atomic mass is 10.0. The smallest absolute Gasteiger partial charge is 0.324 e. The first kappa shape index (κ1) is 11.3. The maximum atomic E-state index is 12.4. The maximum absolute atomic E-state index is 12.4. The average molecular weight is 224 g/mol. The van der Waals surface area contributed by atoms with Crippen molar-refractivity contribution >= 4 is 11.6 Å². The molecule has 0 saturated heterocycles. The van der Waals surface area contributed by atoms with Crippen LogP contribution in [0.15, 0.2) is 18.2 Å². The van der Waals surface area contributed by atoms with Crippen molar-refractivity contribution in [3.8, 4) is 0 Å². The Morgan fingerprint density at radius 3 is 2.36 bits per heavy atom. The summed E-state index contributed by atoms with van der Waals surface area (Å²) in [6.07, 6.45) is -4.38. The Balaban J connectivity index is 3.29. The van der Waals surface area contributed by atoms with Gasteiger partial charge in [-0.2, -0.15) is 13.2 Å². The first-order valence-corrected chi connectivity index (χ1v) is 4.32. The van der Waals surface area contributed by atoms with E-state index >= 15 is 0 Å². The van der Waals surface area contributed by atoms with Gasteiger partial charge in [-0.1, -0.05) is 11.6 Å². The third-order valence-electron chi connectivity index (χ3n) is 1.81. The minimum atomic E-state index is -4.38. The van der Waals surface area contributed by atoms with Crippen LogP contribution in [0.3, 0.4) is 0 Å². The summed E-state index contributed by atoms with van der Waals surface area (Å²) >= 11 is 5.59. The van der Waals surface area contributed by atoms with Gasteiger partial charge in [-0.05, 0) is 30.7 Å². The molecule has 5 heteroatoms. The van der Waals surface area contributed by atoms with E-state index in [9.17, 15) is 13.2 Å². The minimum Gasteiger partial charge on any atom is -0.324 e. The highest BCUT2D eigenvalue weighted by molar-refractivity contribution is 6.30. The zero-order valence-electron chi connectivity index (χ0n) is 7.40. The molecule has 0 aromatic heterocycles. The Morgan fingerprint density at radius 1 is 1.36 bits per heavy atom. The second-order valence-electron chi connectivity index (χ2n) is 3.02. The summed E-state index contributed by atoms with van der Waals surface area (Å²) in [5.74, 6) is 0. The lowest BCUT2D eigenvalue weighted by Crippen LogP contribution is -2.15. The summed E-state index contributed by atoms with van der Waals surface area (Å²) in [6.45, 7) is 1.49. The number of benzene rings is 1. The van der Waals surface area contributed by atoms with Gasteiger partial charge < -0.3 is 5.73 Å². The van der Waals surface area contributed by atoms with Gasteiger partial charge in [0.1, 0.15) is 0 Å². The molecule has 0 aliphatic rings. The second kappa shape index (κ2) is 3.79. The molecular formula is C9H9ClF3N. The second-order valence-corrected chi connectivity index (χ2v) is 3.45. The Bertz CT molecular complexity index is 333. The summed E-state index contributed by atoms with van der Waals surface area (Å²) in [4.78, 5) is 0. The molecule has 1 unspecified atom stereocenters. The molecule has 0 bridgehead atoms. The van der Waals surface area contributed by atoms with E-state index < -0.39 is 17.8 Å². The van der Waals surface area contributed by atoms with E-state index in [0.717, 1.165) is 6.07 Å². The van der Waals surface area contributed by atoms with Crippen LogP contribution in [0.2, 0.25) is 5.02 Å². The Morgan fingerprint density at radius 2 is 1.93 bits per heavy atom. The summed E-state index contributed by atoms with van der Waals surface area (Å²) in [5.41, 5.74) is 4.71. The number of alkyl halides is 3. The highest BCUT2D eigenvalue weighted by atomic mass is 35.5. The van der Waals surface area contributed by atoms with Gasteiger partial charge in [-0.3, -0.25) is 0 Å². The number of hydrogen-bond donors (Lipinski definition) is 1. The van der Waals surface area contributed by atoms with Crippen LogP contribution in [0.1, 0.15) is 24.1 Å². The van der Waals surface area contributed by atoms with Crippen molar-refractivity contribution < 1.29 is 13.2 Å². The Kier molecular flexibility index (Phi) is 3.07. The van der Waals surface area contributed by atoms with Crippen molar-refractivity contribution in [1.82, 2.24) is 0 Å². The molecule has 1 aromatic carbocycles. The van der Waals surface area contributed by atoms with E-state index in [-0.39, 0.29) is 10.6 Å². The third-order valence-corrected chi connectivity index (χ3v) is 2.04. The summed E-state index contributed by atoms with van der Waals surface area (Å²) in [5, 5.41) is 0.255. The molecule has 0 fully saturated rings. The Labute approximate surface area is 84.7 Å². The lowest BCUT2D eigenvalue weighted by Gasteiger charge is -2.15. The van der Waals surface area contributed by atoms with E-state index in [2.05, 4.69) is 0 Å². The molecule has 2 N–H and O–H groups in total. The van der Waals surface area contributed by atoms with Gasteiger partial charge >= 0.3 is 6.18 Å². The molecule has 78 valence electrons. The van der Waals surface area contributed by atoms with Gasteiger partial charge in [-0.15, -0.1) is 0 Å².